The smallest absolute Gasteiger partial charge is 0.475 e. The molecule has 1 saturated heterocycles. The third kappa shape index (κ3) is 21.2. The predicted octanol–water partition coefficient (Wildman–Crippen LogP) is -3.78. The number of hydrogen-bond acceptors (Lipinski definition) is 13. The van der Waals surface area contributed by atoms with Gasteiger partial charge in [0, 0.05) is 58.8 Å². The highest BCUT2D eigenvalue weighted by molar-refractivity contribution is 6.43. The van der Waals surface area contributed by atoms with Gasteiger partial charge in [0.2, 0.25) is 23.6 Å². The predicted molar refractivity (Wildman–Crippen MR) is 192 cm³/mol. The van der Waals surface area contributed by atoms with Crippen molar-refractivity contribution in [2.45, 2.75) is 58.4 Å². The lowest BCUT2D eigenvalue weighted by Crippen LogP contribution is -2.51. The van der Waals surface area contributed by atoms with Gasteiger partial charge in [-0.05, 0) is 39.7 Å². The van der Waals surface area contributed by atoms with E-state index >= 15 is 0 Å². The molecule has 0 aromatic rings. The maximum absolute atomic E-state index is 12.8. The Morgan fingerprint density at radius 3 is 1.94 bits per heavy atom. The quantitative estimate of drug-likeness (QED) is 0.0210. The van der Waals surface area contributed by atoms with E-state index in [-0.39, 0.29) is 90.7 Å². The first-order valence-corrected chi connectivity index (χ1v) is 17.7. The molecule has 1 heterocycles. The Bertz CT molecular complexity index is 1250. The fourth-order valence-electron chi connectivity index (χ4n) is 5.55. The first kappa shape index (κ1) is 46.9. The summed E-state index contributed by atoms with van der Waals surface area (Å²) in [5.74, 6) is -5.74. The molecule has 1 rings (SSSR count). The maximum Gasteiger partial charge on any atom is 0.475 e. The summed E-state index contributed by atoms with van der Waals surface area (Å²) >= 11 is 0. The first-order chi connectivity index (χ1) is 25.0. The number of likely N-dealkylation sites (N-methyl/N-ethyl adjacent to an activating group) is 1. The lowest BCUT2D eigenvalue weighted by Gasteiger charge is -2.28. The van der Waals surface area contributed by atoms with Crippen LogP contribution in [-0.2, 0) is 33.6 Å². The number of nitrogens with zero attached hydrogens (tertiary/aromatic N) is 4. The molecule has 1 aliphatic heterocycles. The Balaban J connectivity index is 2.54. The molecule has 20 nitrogen and oxygen atoms in total. The summed E-state index contributed by atoms with van der Waals surface area (Å²) in [6.45, 7) is 6.69. The second-order valence-corrected chi connectivity index (χ2v) is 12.9. The van der Waals surface area contributed by atoms with Gasteiger partial charge >= 0.3 is 25.0 Å². The van der Waals surface area contributed by atoms with Crippen molar-refractivity contribution in [3.8, 4) is 0 Å². The normalized spacial score (nSPS) is 14.6. The number of carboxylic acids is 3. The van der Waals surface area contributed by atoms with Gasteiger partial charge in [-0.25, -0.2) is 0 Å². The van der Waals surface area contributed by atoms with E-state index in [1.54, 1.807) is 29.7 Å². The van der Waals surface area contributed by atoms with E-state index in [0.29, 0.717) is 32.5 Å². The monoisotopic (exact) mass is 756 g/mol. The van der Waals surface area contributed by atoms with Gasteiger partial charge in [-0.1, -0.05) is 18.6 Å². The second-order valence-electron chi connectivity index (χ2n) is 12.9. The number of aliphatic carboxylic acids is 3. The van der Waals surface area contributed by atoms with Crippen LogP contribution < -0.4 is 21.3 Å². The van der Waals surface area contributed by atoms with Crippen LogP contribution in [0.1, 0.15) is 46.5 Å². The zero-order valence-electron chi connectivity index (χ0n) is 30.9. The molecule has 1 fully saturated rings. The van der Waals surface area contributed by atoms with Crippen molar-refractivity contribution < 1.29 is 58.9 Å². The molecule has 0 spiro atoms. The van der Waals surface area contributed by atoms with E-state index in [9.17, 15) is 53.8 Å². The summed E-state index contributed by atoms with van der Waals surface area (Å²) in [6, 6.07) is -1.05. The lowest BCUT2D eigenvalue weighted by molar-refractivity contribution is -0.140. The number of carboxylic acid groups (broad SMARTS) is 3. The van der Waals surface area contributed by atoms with Crippen molar-refractivity contribution >= 4 is 48.7 Å². The maximum atomic E-state index is 12.8. The van der Waals surface area contributed by atoms with Gasteiger partial charge < -0.3 is 51.5 Å². The van der Waals surface area contributed by atoms with Crippen LogP contribution in [0.5, 0.6) is 0 Å². The topological polar surface area (TPSA) is 282 Å². The summed E-state index contributed by atoms with van der Waals surface area (Å²) in [7, 11) is -1.68. The third-order valence-electron chi connectivity index (χ3n) is 8.26. The van der Waals surface area contributed by atoms with Gasteiger partial charge in [0.15, 0.2) is 0 Å². The summed E-state index contributed by atoms with van der Waals surface area (Å²) in [5.41, 5.74) is 0.751. The van der Waals surface area contributed by atoms with Crippen molar-refractivity contribution in [2.24, 2.45) is 0 Å². The number of rotatable bonds is 28. The van der Waals surface area contributed by atoms with Crippen molar-refractivity contribution in [2.75, 3.05) is 91.6 Å². The number of carbonyl (C=O) groups is 7. The minimum absolute atomic E-state index is 0.000400. The summed E-state index contributed by atoms with van der Waals surface area (Å²) in [5, 5.41) is 57.0. The highest BCUT2D eigenvalue weighted by Crippen LogP contribution is 2.17. The Kier molecular flexibility index (Phi) is 22.8. The molecule has 53 heavy (non-hydrogen) atoms. The minimum atomic E-state index is -1.68. The van der Waals surface area contributed by atoms with Crippen LogP contribution in [0.3, 0.4) is 0 Å². The average molecular weight is 757 g/mol. The van der Waals surface area contributed by atoms with Crippen molar-refractivity contribution in [1.82, 2.24) is 40.9 Å². The molecular weight excluding hydrogens is 699 g/mol. The molecule has 21 heteroatoms. The van der Waals surface area contributed by atoms with Gasteiger partial charge in [0.05, 0.1) is 38.7 Å². The largest absolute Gasteiger partial charge is 0.480 e. The average Bonchev–Trinajstić information content (AvgIpc) is 3.57. The SMILES string of the molecule is CCN(CCN(CCN(CCNCC(=O)O)CC(=O)O)CC(=O)O)CC(=O)NCCCC(=O)NC(C=C(C)C)C(=O)NCC(=O)N1CCC[C@H]1B(O)O. The van der Waals surface area contributed by atoms with Gasteiger partial charge in [-0.3, -0.25) is 48.3 Å². The highest BCUT2D eigenvalue weighted by Gasteiger charge is 2.36. The molecule has 1 unspecified atom stereocenters. The van der Waals surface area contributed by atoms with Crippen molar-refractivity contribution in [3.05, 3.63) is 11.6 Å². The number of amides is 4. The number of allylic oxidation sites excluding steroid dienone is 1. The Hall–Kier alpha value is -4.15. The summed E-state index contributed by atoms with van der Waals surface area (Å²) in [6.07, 6.45) is 2.87. The van der Waals surface area contributed by atoms with Crippen LogP contribution in [0, 0.1) is 0 Å². The molecule has 1 aliphatic rings. The zero-order valence-corrected chi connectivity index (χ0v) is 30.9. The molecule has 9 N–H and O–H groups in total. The summed E-state index contributed by atoms with van der Waals surface area (Å²) < 4.78 is 0. The van der Waals surface area contributed by atoms with Crippen LogP contribution >= 0.6 is 0 Å². The molecule has 2 atom stereocenters. The molecule has 0 aromatic carbocycles. The molecule has 0 aliphatic carbocycles. The highest BCUT2D eigenvalue weighted by atomic mass is 16.4. The molecule has 0 bridgehead atoms. The Morgan fingerprint density at radius 2 is 1.40 bits per heavy atom. The van der Waals surface area contributed by atoms with E-state index in [4.69, 9.17) is 5.11 Å². The van der Waals surface area contributed by atoms with Crippen LogP contribution in [-0.4, -0.2) is 197 Å². The second kappa shape index (κ2) is 25.8. The van der Waals surface area contributed by atoms with E-state index in [1.165, 1.54) is 4.90 Å². The number of carbonyl (C=O) groups excluding carboxylic acids is 4. The lowest BCUT2D eigenvalue weighted by atomic mass is 9.78. The van der Waals surface area contributed by atoms with Crippen LogP contribution in [0.4, 0.5) is 0 Å². The fourth-order valence-corrected chi connectivity index (χ4v) is 5.55. The molecule has 4 amide bonds. The Labute approximate surface area is 310 Å². The number of hydrogen-bond donors (Lipinski definition) is 9. The fraction of sp³-hybridized carbons (Fsp3) is 0.719. The van der Waals surface area contributed by atoms with Gasteiger partial charge in [-0.2, -0.15) is 0 Å². The molecule has 0 saturated carbocycles. The number of nitrogens with one attached hydrogen (secondary N) is 4. The van der Waals surface area contributed by atoms with E-state index in [1.807, 2.05) is 11.8 Å². The van der Waals surface area contributed by atoms with E-state index in [0.717, 1.165) is 5.57 Å². The van der Waals surface area contributed by atoms with Crippen LogP contribution in [0.2, 0.25) is 0 Å². The van der Waals surface area contributed by atoms with Crippen molar-refractivity contribution in [1.29, 1.82) is 0 Å². The minimum Gasteiger partial charge on any atom is -0.480 e. The van der Waals surface area contributed by atoms with Gasteiger partial charge in [-0.15, -0.1) is 0 Å². The van der Waals surface area contributed by atoms with E-state index in [2.05, 4.69) is 21.3 Å². The molecular formula is C32H57BN8O12. The first-order valence-electron chi connectivity index (χ1n) is 17.7. The van der Waals surface area contributed by atoms with Gasteiger partial charge in [0.1, 0.15) is 6.04 Å². The van der Waals surface area contributed by atoms with Crippen LogP contribution in [0.15, 0.2) is 11.6 Å². The third-order valence-corrected chi connectivity index (χ3v) is 8.26. The number of likely N-dealkylation sites (tertiary alicyclic amines) is 1. The standard InChI is InChI=1S/C32H57BN8O12/c1-4-38(13-14-40(22-31(49)50)16-15-39(21-30(47)48)12-10-34-19-29(45)46)20-27(43)35-9-5-8-26(42)37-24(17-23(2)3)32(51)36-18-28(44)41-11-6-7-25(41)33(52)53/h17,24-25,34,52-53H,4-16,18-22H2,1-3H3,(H,35,43)(H,36,51)(H,37,42)(H,45,46)(H,47,48)(H,49,50)/t24?,25-/m0/s1. The Morgan fingerprint density at radius 1 is 0.792 bits per heavy atom. The van der Waals surface area contributed by atoms with Crippen LogP contribution in [0.25, 0.3) is 0 Å². The molecule has 0 aromatic heterocycles. The molecule has 300 valence electrons. The molecule has 0 radical (unpaired) electrons. The van der Waals surface area contributed by atoms with E-state index < -0.39 is 54.7 Å². The van der Waals surface area contributed by atoms with Crippen molar-refractivity contribution in [3.63, 3.8) is 0 Å². The zero-order chi connectivity index (χ0) is 39.9. The summed E-state index contributed by atoms with van der Waals surface area (Å²) in [4.78, 5) is 90.5. The van der Waals surface area contributed by atoms with Gasteiger partial charge in [0.25, 0.3) is 0 Å².